The number of rotatable bonds is 6. The molecule has 0 heterocycles. The third kappa shape index (κ3) is 5.09. The Balaban J connectivity index is 1.71. The van der Waals surface area contributed by atoms with Gasteiger partial charge in [-0.15, -0.1) is 0 Å². The Labute approximate surface area is 141 Å². The molecule has 0 radical (unpaired) electrons. The standard InChI is InChI=1S/C18H28F4O2/c1-2-12-3-5-13(6-4-12)14-7-9-15(10-8-14)16(23)24-11-18(21,22)17(19)20/h12-15,17H,2-11H2,1H3. The van der Waals surface area contributed by atoms with Gasteiger partial charge in [0.2, 0.25) is 0 Å². The summed E-state index contributed by atoms with van der Waals surface area (Å²) in [6.07, 6.45) is 5.57. The van der Waals surface area contributed by atoms with E-state index >= 15 is 0 Å². The van der Waals surface area contributed by atoms with Gasteiger partial charge >= 0.3 is 18.3 Å². The van der Waals surface area contributed by atoms with Crippen molar-refractivity contribution in [3.05, 3.63) is 0 Å². The molecule has 0 atom stereocenters. The first-order valence-electron chi connectivity index (χ1n) is 9.16. The maximum Gasteiger partial charge on any atom is 0.340 e. The zero-order chi connectivity index (χ0) is 17.7. The van der Waals surface area contributed by atoms with Gasteiger partial charge in [0.15, 0.2) is 6.61 Å². The number of ether oxygens (including phenoxy) is 1. The van der Waals surface area contributed by atoms with E-state index < -0.39 is 30.8 Å². The third-order valence-electron chi connectivity index (χ3n) is 5.97. The number of esters is 1. The van der Waals surface area contributed by atoms with Crippen LogP contribution in [-0.4, -0.2) is 24.9 Å². The van der Waals surface area contributed by atoms with E-state index in [1.54, 1.807) is 0 Å². The van der Waals surface area contributed by atoms with Gasteiger partial charge in [0.25, 0.3) is 0 Å². The molecule has 140 valence electrons. The molecule has 0 unspecified atom stereocenters. The van der Waals surface area contributed by atoms with Crippen molar-refractivity contribution in [2.45, 2.75) is 77.1 Å². The Morgan fingerprint density at radius 3 is 1.96 bits per heavy atom. The second kappa shape index (κ2) is 8.52. The van der Waals surface area contributed by atoms with E-state index in [1.165, 1.54) is 32.1 Å². The molecule has 6 heteroatoms. The topological polar surface area (TPSA) is 26.3 Å². The predicted octanol–water partition coefficient (Wildman–Crippen LogP) is 5.45. The SMILES string of the molecule is CCC1CCC(C2CCC(C(=O)OCC(F)(F)C(F)F)CC2)CC1. The van der Waals surface area contributed by atoms with Crippen LogP contribution in [0.2, 0.25) is 0 Å². The van der Waals surface area contributed by atoms with Gasteiger partial charge in [-0.2, -0.15) is 8.78 Å². The van der Waals surface area contributed by atoms with E-state index in [4.69, 9.17) is 0 Å². The number of alkyl halides is 4. The monoisotopic (exact) mass is 352 g/mol. The summed E-state index contributed by atoms with van der Waals surface area (Å²) in [5.41, 5.74) is 0. The van der Waals surface area contributed by atoms with E-state index in [9.17, 15) is 22.4 Å². The summed E-state index contributed by atoms with van der Waals surface area (Å²) in [6, 6.07) is 0. The van der Waals surface area contributed by atoms with Crippen LogP contribution in [-0.2, 0) is 9.53 Å². The summed E-state index contributed by atoms with van der Waals surface area (Å²) in [7, 11) is 0. The summed E-state index contributed by atoms with van der Waals surface area (Å²) in [4.78, 5) is 11.8. The van der Waals surface area contributed by atoms with E-state index in [1.807, 2.05) is 0 Å². The number of halogens is 4. The molecule has 2 saturated carbocycles. The highest BCUT2D eigenvalue weighted by Gasteiger charge is 2.43. The zero-order valence-corrected chi connectivity index (χ0v) is 14.3. The molecule has 2 aliphatic carbocycles. The minimum atomic E-state index is -4.26. The molecular weight excluding hydrogens is 324 g/mol. The lowest BCUT2D eigenvalue weighted by molar-refractivity contribution is -0.183. The average Bonchev–Trinajstić information content (AvgIpc) is 2.60. The van der Waals surface area contributed by atoms with Gasteiger partial charge in [0.1, 0.15) is 0 Å². The van der Waals surface area contributed by atoms with Gasteiger partial charge in [-0.25, -0.2) is 8.78 Å². The van der Waals surface area contributed by atoms with Crippen LogP contribution in [0.1, 0.15) is 64.7 Å². The fraction of sp³-hybridized carbons (Fsp3) is 0.944. The van der Waals surface area contributed by atoms with Crippen molar-refractivity contribution in [1.29, 1.82) is 0 Å². The molecule has 2 aliphatic rings. The van der Waals surface area contributed by atoms with Crippen molar-refractivity contribution in [2.24, 2.45) is 23.7 Å². The highest BCUT2D eigenvalue weighted by atomic mass is 19.3. The predicted molar refractivity (Wildman–Crippen MR) is 83.1 cm³/mol. The molecule has 0 amide bonds. The second-order valence-electron chi connectivity index (χ2n) is 7.47. The van der Waals surface area contributed by atoms with Crippen LogP contribution in [0, 0.1) is 23.7 Å². The van der Waals surface area contributed by atoms with E-state index in [0.717, 1.165) is 18.8 Å². The Bertz CT molecular complexity index is 398. The lowest BCUT2D eigenvalue weighted by atomic mass is 9.69. The first-order valence-corrected chi connectivity index (χ1v) is 9.16. The van der Waals surface area contributed by atoms with Gasteiger partial charge in [-0.1, -0.05) is 26.2 Å². The van der Waals surface area contributed by atoms with Gasteiger partial charge in [0.05, 0.1) is 5.92 Å². The van der Waals surface area contributed by atoms with Crippen LogP contribution in [0.4, 0.5) is 17.6 Å². The molecule has 0 aromatic heterocycles. The minimum Gasteiger partial charge on any atom is -0.459 e. The normalized spacial score (nSPS) is 31.9. The molecule has 0 N–H and O–H groups in total. The first-order chi connectivity index (χ1) is 11.3. The second-order valence-corrected chi connectivity index (χ2v) is 7.47. The van der Waals surface area contributed by atoms with Gasteiger partial charge in [-0.05, 0) is 56.3 Å². The molecule has 24 heavy (non-hydrogen) atoms. The summed E-state index contributed by atoms with van der Waals surface area (Å²) in [5, 5.41) is 0. The van der Waals surface area contributed by atoms with Gasteiger partial charge in [-0.3, -0.25) is 4.79 Å². The van der Waals surface area contributed by atoms with Crippen LogP contribution in [0.25, 0.3) is 0 Å². The molecule has 0 aromatic carbocycles. The Morgan fingerprint density at radius 2 is 1.50 bits per heavy atom. The van der Waals surface area contributed by atoms with Gasteiger partial charge < -0.3 is 4.74 Å². The summed E-state index contributed by atoms with van der Waals surface area (Å²) >= 11 is 0. The number of carbonyl (C=O) groups excluding carboxylic acids is 1. The van der Waals surface area contributed by atoms with E-state index in [2.05, 4.69) is 11.7 Å². The summed E-state index contributed by atoms with van der Waals surface area (Å²) in [6.45, 7) is 0.712. The molecule has 0 aliphatic heterocycles. The third-order valence-corrected chi connectivity index (χ3v) is 5.97. The molecule has 2 nitrogen and oxygen atoms in total. The van der Waals surface area contributed by atoms with Crippen LogP contribution in [0.5, 0.6) is 0 Å². The molecule has 0 bridgehead atoms. The Kier molecular flexibility index (Phi) is 6.93. The van der Waals surface area contributed by atoms with Crippen molar-refractivity contribution in [3.8, 4) is 0 Å². The van der Waals surface area contributed by atoms with E-state index in [-0.39, 0.29) is 0 Å². The fourth-order valence-corrected chi connectivity index (χ4v) is 4.24. The van der Waals surface area contributed by atoms with Crippen molar-refractivity contribution >= 4 is 5.97 Å². The summed E-state index contributed by atoms with van der Waals surface area (Å²) in [5.74, 6) is -3.25. The van der Waals surface area contributed by atoms with Crippen LogP contribution < -0.4 is 0 Å². The van der Waals surface area contributed by atoms with E-state index in [0.29, 0.717) is 24.7 Å². The first kappa shape index (κ1) is 19.5. The quantitative estimate of drug-likeness (QED) is 0.469. The number of hydrogen-bond donors (Lipinski definition) is 0. The average molecular weight is 352 g/mol. The highest BCUT2D eigenvalue weighted by molar-refractivity contribution is 5.72. The molecular formula is C18H28F4O2. The molecule has 2 rings (SSSR count). The van der Waals surface area contributed by atoms with Crippen LogP contribution in [0.15, 0.2) is 0 Å². The summed E-state index contributed by atoms with van der Waals surface area (Å²) < 4.78 is 54.2. The fourth-order valence-electron chi connectivity index (χ4n) is 4.24. The maximum absolute atomic E-state index is 12.8. The van der Waals surface area contributed by atoms with Crippen molar-refractivity contribution in [1.82, 2.24) is 0 Å². The largest absolute Gasteiger partial charge is 0.459 e. The molecule has 0 aromatic rings. The molecule has 2 fully saturated rings. The minimum absolute atomic E-state index is 0.415. The van der Waals surface area contributed by atoms with Crippen molar-refractivity contribution in [2.75, 3.05) is 6.61 Å². The lowest BCUT2D eigenvalue weighted by Crippen LogP contribution is -2.35. The van der Waals surface area contributed by atoms with Crippen molar-refractivity contribution < 1.29 is 27.1 Å². The number of carbonyl (C=O) groups is 1. The maximum atomic E-state index is 12.8. The lowest BCUT2D eigenvalue weighted by Gasteiger charge is -2.37. The van der Waals surface area contributed by atoms with Gasteiger partial charge in [0, 0.05) is 0 Å². The van der Waals surface area contributed by atoms with Crippen molar-refractivity contribution in [3.63, 3.8) is 0 Å². The Hall–Kier alpha value is -0.810. The zero-order valence-electron chi connectivity index (χ0n) is 14.3. The van der Waals surface area contributed by atoms with Crippen LogP contribution in [0.3, 0.4) is 0 Å². The smallest absolute Gasteiger partial charge is 0.340 e. The molecule has 0 spiro atoms. The van der Waals surface area contributed by atoms with Crippen LogP contribution >= 0.6 is 0 Å². The Morgan fingerprint density at radius 1 is 1.00 bits per heavy atom. The number of hydrogen-bond acceptors (Lipinski definition) is 2. The molecule has 0 saturated heterocycles. The highest BCUT2D eigenvalue weighted by Crippen LogP contribution is 2.42.